The van der Waals surface area contributed by atoms with Crippen LogP contribution in [0, 0.1) is 40.5 Å². The molecule has 4 rings (SSSR count). The zero-order valence-electron chi connectivity index (χ0n) is 20.4. The summed E-state index contributed by atoms with van der Waals surface area (Å²) in [7, 11) is 0. The van der Waals surface area contributed by atoms with Crippen molar-refractivity contribution < 1.29 is 66.3 Å². The maximum atomic E-state index is 10.5. The van der Waals surface area contributed by atoms with Gasteiger partial charge in [0.2, 0.25) is 0 Å². The molecule has 0 aliphatic heterocycles. The Morgan fingerprint density at radius 1 is 0.366 bits per heavy atom. The Morgan fingerprint density at radius 2 is 0.537 bits per heavy atom. The van der Waals surface area contributed by atoms with E-state index in [-0.39, 0.29) is 72.0 Å². The van der Waals surface area contributed by atoms with E-state index in [0.717, 1.165) is 24.3 Å². The molecule has 17 heteroatoms. The molecule has 0 fully saturated rings. The van der Waals surface area contributed by atoms with Crippen LogP contribution in [0.4, 0.5) is 22.7 Å². The Kier molecular flexibility index (Phi) is 15.6. The summed E-state index contributed by atoms with van der Waals surface area (Å²) in [5, 5.41) is 82.0. The number of benzene rings is 4. The quantitative estimate of drug-likeness (QED) is 0.229. The molecule has 0 aromatic heterocycles. The summed E-state index contributed by atoms with van der Waals surface area (Å²) in [5.41, 5.74) is -0.639. The summed E-state index contributed by atoms with van der Waals surface area (Å²) in [6.07, 6.45) is 0. The maximum absolute atomic E-state index is 10.5. The van der Waals surface area contributed by atoms with E-state index in [1.165, 1.54) is 72.8 Å². The van der Waals surface area contributed by atoms with E-state index in [0.29, 0.717) is 0 Å². The molecule has 16 nitrogen and oxygen atoms in total. The summed E-state index contributed by atoms with van der Waals surface area (Å²) in [6.45, 7) is 0. The third-order valence-electron chi connectivity index (χ3n) is 4.11. The molecule has 4 aromatic carbocycles. The number of rotatable bonds is 4. The molecular formula is C24H16N4O12Zr. The van der Waals surface area contributed by atoms with Gasteiger partial charge in [-0.25, -0.2) is 0 Å². The average molecular weight is 644 g/mol. The molecule has 0 aliphatic carbocycles. The Labute approximate surface area is 249 Å². The van der Waals surface area contributed by atoms with Crippen molar-refractivity contribution in [3.63, 3.8) is 0 Å². The third kappa shape index (κ3) is 14.3. The van der Waals surface area contributed by atoms with Crippen LogP contribution in [-0.2, 0) is 26.2 Å². The molecule has 4 aromatic rings. The zero-order chi connectivity index (χ0) is 30.2. The van der Waals surface area contributed by atoms with Gasteiger partial charge in [0, 0.05) is 48.5 Å². The second kappa shape index (κ2) is 18.0. The fourth-order valence-corrected chi connectivity index (χ4v) is 2.39. The number of hydrogen-bond acceptors (Lipinski definition) is 12. The van der Waals surface area contributed by atoms with E-state index in [4.69, 9.17) is 0 Å². The van der Waals surface area contributed by atoms with Crippen LogP contribution in [0.5, 0.6) is 23.0 Å². The minimum Gasteiger partial charge on any atom is -0.872 e. The van der Waals surface area contributed by atoms with Crippen LogP contribution < -0.4 is 20.4 Å². The van der Waals surface area contributed by atoms with Crippen LogP contribution in [0.1, 0.15) is 0 Å². The summed E-state index contributed by atoms with van der Waals surface area (Å²) in [4.78, 5) is 37.7. The number of nitro groups is 4. The van der Waals surface area contributed by atoms with Gasteiger partial charge in [-0.1, -0.05) is 48.5 Å². The maximum Gasteiger partial charge on any atom is 4.00 e. The minimum atomic E-state index is -0.596. The van der Waals surface area contributed by atoms with Gasteiger partial charge in [0.1, 0.15) is 0 Å². The fraction of sp³-hybridized carbons (Fsp3) is 0. The number of nitro benzene ring substituents is 4. The first-order valence-corrected chi connectivity index (χ1v) is 10.5. The van der Waals surface area contributed by atoms with Crippen molar-refractivity contribution in [2.75, 3.05) is 0 Å². The number of nitrogens with zero attached hydrogens (tertiary/aromatic N) is 4. The first-order valence-electron chi connectivity index (χ1n) is 10.5. The van der Waals surface area contributed by atoms with Crippen molar-refractivity contribution >= 4 is 22.7 Å². The first-order chi connectivity index (χ1) is 18.8. The third-order valence-corrected chi connectivity index (χ3v) is 4.11. The molecule has 0 atom stereocenters. The standard InChI is InChI=1S/4C6H5NO3.Zr/c4*8-6-3-1-2-5(4-6)7(9)10;/h4*1-4,8H;/q;;;;+4/p-4. The molecule has 0 radical (unpaired) electrons. The van der Waals surface area contributed by atoms with E-state index in [2.05, 4.69) is 0 Å². The van der Waals surface area contributed by atoms with Crippen LogP contribution >= 0.6 is 0 Å². The SMILES string of the molecule is O=[N+]([O-])c1cccc([O-])c1.O=[N+]([O-])c1cccc([O-])c1.O=[N+]([O-])c1cccc([O-])c1.O=[N+]([O-])c1cccc([O-])c1.[Zr+4]. The van der Waals surface area contributed by atoms with Crippen LogP contribution in [0.15, 0.2) is 97.1 Å². The van der Waals surface area contributed by atoms with Crippen LogP contribution in [-0.4, -0.2) is 19.7 Å². The normalized spacial score (nSPS) is 8.98. The predicted molar refractivity (Wildman–Crippen MR) is 130 cm³/mol. The second-order valence-corrected chi connectivity index (χ2v) is 7.02. The van der Waals surface area contributed by atoms with Gasteiger partial charge in [0.05, 0.1) is 19.7 Å². The van der Waals surface area contributed by atoms with Crippen LogP contribution in [0.2, 0.25) is 0 Å². The molecule has 0 aliphatic rings. The van der Waals surface area contributed by atoms with Crippen molar-refractivity contribution in [2.45, 2.75) is 0 Å². The van der Waals surface area contributed by atoms with Crippen molar-refractivity contribution in [3.05, 3.63) is 138 Å². The fourth-order valence-electron chi connectivity index (χ4n) is 2.39. The van der Waals surface area contributed by atoms with Crippen molar-refractivity contribution in [1.82, 2.24) is 0 Å². The van der Waals surface area contributed by atoms with E-state index in [1.54, 1.807) is 0 Å². The van der Waals surface area contributed by atoms with Gasteiger partial charge in [-0.05, 0) is 0 Å². The number of non-ortho nitro benzene ring substituents is 4. The molecule has 0 saturated carbocycles. The van der Waals surface area contributed by atoms with Gasteiger partial charge in [0.25, 0.3) is 22.7 Å². The van der Waals surface area contributed by atoms with Crippen molar-refractivity contribution in [1.29, 1.82) is 0 Å². The molecule has 0 spiro atoms. The molecule has 0 saturated heterocycles. The van der Waals surface area contributed by atoms with E-state index in [9.17, 15) is 60.9 Å². The smallest absolute Gasteiger partial charge is 0.872 e. The average Bonchev–Trinajstić information content (AvgIpc) is 2.90. The summed E-state index contributed by atoms with van der Waals surface area (Å²) in [5.74, 6) is -1.35. The Morgan fingerprint density at radius 3 is 0.634 bits per heavy atom. The molecule has 0 bridgehead atoms. The first kappa shape index (κ1) is 35.6. The molecule has 0 amide bonds. The molecule has 0 N–H and O–H groups in total. The van der Waals surface area contributed by atoms with E-state index < -0.39 is 19.7 Å². The van der Waals surface area contributed by atoms with Crippen LogP contribution in [0.25, 0.3) is 0 Å². The largest absolute Gasteiger partial charge is 4.00 e. The Balaban J connectivity index is 0.000000516. The van der Waals surface area contributed by atoms with E-state index >= 15 is 0 Å². The minimum absolute atomic E-state index is 0. The zero-order valence-corrected chi connectivity index (χ0v) is 22.9. The van der Waals surface area contributed by atoms with E-state index in [1.807, 2.05) is 0 Å². The Hall–Kier alpha value is -5.44. The number of hydrogen-bond donors (Lipinski definition) is 0. The van der Waals surface area contributed by atoms with Gasteiger partial charge in [0.15, 0.2) is 0 Å². The monoisotopic (exact) mass is 642 g/mol. The molecule has 0 heterocycles. The van der Waals surface area contributed by atoms with Gasteiger partial charge < -0.3 is 20.4 Å². The summed E-state index contributed by atoms with van der Waals surface area (Å²) in [6, 6.07) is 19.6. The van der Waals surface area contributed by atoms with Gasteiger partial charge in [-0.2, -0.15) is 0 Å². The van der Waals surface area contributed by atoms with Gasteiger partial charge >= 0.3 is 26.2 Å². The van der Waals surface area contributed by atoms with Gasteiger partial charge in [-0.3, -0.25) is 40.5 Å². The van der Waals surface area contributed by atoms with Crippen LogP contribution in [0.3, 0.4) is 0 Å². The summed E-state index contributed by atoms with van der Waals surface area (Å²) < 4.78 is 0. The Bertz CT molecular complexity index is 1260. The molecule has 41 heavy (non-hydrogen) atoms. The molecular weight excluding hydrogens is 628 g/mol. The summed E-state index contributed by atoms with van der Waals surface area (Å²) >= 11 is 0. The molecule has 0 unspecified atom stereocenters. The van der Waals surface area contributed by atoms with Gasteiger partial charge in [-0.15, -0.1) is 23.0 Å². The second-order valence-electron chi connectivity index (χ2n) is 7.02. The predicted octanol–water partition coefficient (Wildman–Crippen LogP) is 2.67. The topological polar surface area (TPSA) is 265 Å². The molecule has 208 valence electrons. The van der Waals surface area contributed by atoms with Crippen molar-refractivity contribution in [3.8, 4) is 23.0 Å². The van der Waals surface area contributed by atoms with Crippen molar-refractivity contribution in [2.24, 2.45) is 0 Å².